The zero-order chi connectivity index (χ0) is 12.1. The molecule has 0 aliphatic rings. The molecular formula is C12H15FN2O. The van der Waals surface area contributed by atoms with E-state index in [1.165, 1.54) is 18.2 Å². The average molecular weight is 222 g/mol. The van der Waals surface area contributed by atoms with Crippen LogP contribution < -0.4 is 11.1 Å². The molecule has 0 aliphatic heterocycles. The van der Waals surface area contributed by atoms with Crippen LogP contribution in [0.25, 0.3) is 0 Å². The van der Waals surface area contributed by atoms with Gasteiger partial charge in [-0.2, -0.15) is 0 Å². The van der Waals surface area contributed by atoms with Gasteiger partial charge in [-0.25, -0.2) is 4.39 Å². The van der Waals surface area contributed by atoms with Crippen LogP contribution >= 0.6 is 0 Å². The number of halogens is 1. The van der Waals surface area contributed by atoms with Crippen LogP contribution in [0.3, 0.4) is 0 Å². The molecule has 0 aliphatic carbocycles. The summed E-state index contributed by atoms with van der Waals surface area (Å²) in [6.07, 6.45) is 1.89. The number of hydrogen-bond acceptors (Lipinski definition) is 2. The van der Waals surface area contributed by atoms with E-state index in [0.717, 1.165) is 5.57 Å². The molecule has 3 N–H and O–H groups in total. The van der Waals surface area contributed by atoms with Gasteiger partial charge in [0.2, 0.25) is 0 Å². The third-order valence-electron chi connectivity index (χ3n) is 2.03. The van der Waals surface area contributed by atoms with Crippen molar-refractivity contribution in [3.8, 4) is 0 Å². The van der Waals surface area contributed by atoms with Gasteiger partial charge in [-0.3, -0.25) is 4.79 Å². The van der Waals surface area contributed by atoms with Gasteiger partial charge in [0, 0.05) is 12.1 Å². The fourth-order valence-electron chi connectivity index (χ4n) is 1.13. The predicted molar refractivity (Wildman–Crippen MR) is 62.6 cm³/mol. The van der Waals surface area contributed by atoms with E-state index in [2.05, 4.69) is 5.32 Å². The molecule has 1 aromatic carbocycles. The van der Waals surface area contributed by atoms with Crippen molar-refractivity contribution >= 4 is 11.6 Å². The van der Waals surface area contributed by atoms with Gasteiger partial charge in [-0.05, 0) is 32.0 Å². The molecule has 0 aromatic heterocycles. The first kappa shape index (κ1) is 12.2. The zero-order valence-corrected chi connectivity index (χ0v) is 9.38. The Hall–Kier alpha value is -1.84. The maximum atomic E-state index is 12.9. The number of benzene rings is 1. The highest BCUT2D eigenvalue weighted by atomic mass is 19.1. The lowest BCUT2D eigenvalue weighted by molar-refractivity contribution is 0.0958. The lowest BCUT2D eigenvalue weighted by Crippen LogP contribution is -2.23. The number of carbonyl (C=O) groups excluding carboxylic acids is 1. The lowest BCUT2D eigenvalue weighted by Gasteiger charge is -2.04. The van der Waals surface area contributed by atoms with Crippen LogP contribution in [-0.2, 0) is 0 Å². The van der Waals surface area contributed by atoms with E-state index < -0.39 is 5.82 Å². The number of hydrogen-bond donors (Lipinski definition) is 2. The molecule has 0 radical (unpaired) electrons. The Morgan fingerprint density at radius 3 is 2.75 bits per heavy atom. The summed E-state index contributed by atoms with van der Waals surface area (Å²) in [5, 5.41) is 2.68. The van der Waals surface area contributed by atoms with Crippen LogP contribution in [0.5, 0.6) is 0 Å². The summed E-state index contributed by atoms with van der Waals surface area (Å²) in [5.41, 5.74) is 6.84. The molecule has 0 spiro atoms. The maximum absolute atomic E-state index is 12.9. The van der Waals surface area contributed by atoms with Crippen molar-refractivity contribution in [1.29, 1.82) is 0 Å². The molecule has 1 rings (SSSR count). The Labute approximate surface area is 94.1 Å². The SMILES string of the molecule is CC(C)=CCNC(=O)c1ccc(F)c(N)c1. The van der Waals surface area contributed by atoms with E-state index >= 15 is 0 Å². The number of nitrogens with one attached hydrogen (secondary N) is 1. The lowest BCUT2D eigenvalue weighted by atomic mass is 10.2. The van der Waals surface area contributed by atoms with Gasteiger partial charge >= 0.3 is 0 Å². The van der Waals surface area contributed by atoms with E-state index in [0.29, 0.717) is 12.1 Å². The van der Waals surface area contributed by atoms with E-state index in [1.54, 1.807) is 0 Å². The molecule has 0 unspecified atom stereocenters. The summed E-state index contributed by atoms with van der Waals surface area (Å²) >= 11 is 0. The van der Waals surface area contributed by atoms with E-state index in [-0.39, 0.29) is 11.6 Å². The van der Waals surface area contributed by atoms with Crippen LogP contribution in [0.1, 0.15) is 24.2 Å². The average Bonchev–Trinajstić information content (AvgIpc) is 2.21. The smallest absolute Gasteiger partial charge is 0.251 e. The first-order valence-electron chi connectivity index (χ1n) is 4.97. The summed E-state index contributed by atoms with van der Waals surface area (Å²) in [4.78, 5) is 11.6. The van der Waals surface area contributed by atoms with Crippen molar-refractivity contribution < 1.29 is 9.18 Å². The van der Waals surface area contributed by atoms with Crippen LogP contribution in [0.4, 0.5) is 10.1 Å². The van der Waals surface area contributed by atoms with Crippen molar-refractivity contribution in [3.63, 3.8) is 0 Å². The standard InChI is InChI=1S/C12H15FN2O/c1-8(2)5-6-15-12(16)9-3-4-10(13)11(14)7-9/h3-5,7H,6,14H2,1-2H3,(H,15,16). The topological polar surface area (TPSA) is 55.1 Å². The molecule has 0 bridgehead atoms. The summed E-state index contributed by atoms with van der Waals surface area (Å²) in [7, 11) is 0. The molecule has 1 amide bonds. The fraction of sp³-hybridized carbons (Fsp3) is 0.250. The molecule has 4 heteroatoms. The van der Waals surface area contributed by atoms with Crippen molar-refractivity contribution in [2.24, 2.45) is 0 Å². The molecule has 86 valence electrons. The number of rotatable bonds is 3. The van der Waals surface area contributed by atoms with Gasteiger partial charge in [0.15, 0.2) is 0 Å². The fourth-order valence-corrected chi connectivity index (χ4v) is 1.13. The van der Waals surface area contributed by atoms with Gasteiger partial charge in [-0.1, -0.05) is 11.6 Å². The highest BCUT2D eigenvalue weighted by molar-refractivity contribution is 5.95. The van der Waals surface area contributed by atoms with Crippen molar-refractivity contribution in [3.05, 3.63) is 41.2 Å². The minimum Gasteiger partial charge on any atom is -0.396 e. The molecule has 1 aromatic rings. The Balaban J connectivity index is 2.66. The van der Waals surface area contributed by atoms with E-state index in [1.807, 2.05) is 19.9 Å². The van der Waals surface area contributed by atoms with Gasteiger partial charge in [0.05, 0.1) is 5.69 Å². The second-order valence-electron chi connectivity index (χ2n) is 3.73. The largest absolute Gasteiger partial charge is 0.396 e. The summed E-state index contributed by atoms with van der Waals surface area (Å²) in [6, 6.07) is 3.92. The van der Waals surface area contributed by atoms with Gasteiger partial charge < -0.3 is 11.1 Å². The molecule has 0 saturated carbocycles. The van der Waals surface area contributed by atoms with E-state index in [9.17, 15) is 9.18 Å². The number of nitrogens with two attached hydrogens (primary N) is 1. The number of carbonyl (C=O) groups is 1. The van der Waals surface area contributed by atoms with Crippen LogP contribution in [0, 0.1) is 5.82 Å². The first-order chi connectivity index (χ1) is 7.50. The zero-order valence-electron chi connectivity index (χ0n) is 9.38. The number of anilines is 1. The van der Waals surface area contributed by atoms with Crippen molar-refractivity contribution in [2.45, 2.75) is 13.8 Å². The number of nitrogen functional groups attached to an aromatic ring is 1. The van der Waals surface area contributed by atoms with Crippen LogP contribution in [0.2, 0.25) is 0 Å². The van der Waals surface area contributed by atoms with Crippen molar-refractivity contribution in [1.82, 2.24) is 5.32 Å². The molecule has 16 heavy (non-hydrogen) atoms. The van der Waals surface area contributed by atoms with Gasteiger partial charge in [0.25, 0.3) is 5.91 Å². The van der Waals surface area contributed by atoms with Gasteiger partial charge in [0.1, 0.15) is 5.82 Å². The normalized spacial score (nSPS) is 9.69. The molecule has 3 nitrogen and oxygen atoms in total. The monoisotopic (exact) mass is 222 g/mol. The Morgan fingerprint density at radius 2 is 2.19 bits per heavy atom. The summed E-state index contributed by atoms with van der Waals surface area (Å²) in [5.74, 6) is -0.773. The second kappa shape index (κ2) is 5.30. The first-order valence-corrected chi connectivity index (χ1v) is 4.97. The highest BCUT2D eigenvalue weighted by Gasteiger charge is 2.06. The summed E-state index contributed by atoms with van der Waals surface area (Å²) in [6.45, 7) is 4.35. The number of amides is 1. The summed E-state index contributed by atoms with van der Waals surface area (Å²) < 4.78 is 12.9. The molecular weight excluding hydrogens is 207 g/mol. The third-order valence-corrected chi connectivity index (χ3v) is 2.03. The van der Waals surface area contributed by atoms with Crippen LogP contribution in [0.15, 0.2) is 29.8 Å². The maximum Gasteiger partial charge on any atom is 0.251 e. The molecule has 0 fully saturated rings. The molecule has 0 saturated heterocycles. The van der Waals surface area contributed by atoms with E-state index in [4.69, 9.17) is 5.73 Å². The van der Waals surface area contributed by atoms with Crippen LogP contribution in [-0.4, -0.2) is 12.5 Å². The Morgan fingerprint density at radius 1 is 1.50 bits per heavy atom. The quantitative estimate of drug-likeness (QED) is 0.608. The number of allylic oxidation sites excluding steroid dienone is 1. The molecule has 0 heterocycles. The third kappa shape index (κ3) is 3.38. The molecule has 0 atom stereocenters. The minimum absolute atomic E-state index is 0.0186. The Kier molecular flexibility index (Phi) is 4.05. The minimum atomic E-state index is -0.513. The van der Waals surface area contributed by atoms with Crippen molar-refractivity contribution in [2.75, 3.05) is 12.3 Å². The highest BCUT2D eigenvalue weighted by Crippen LogP contribution is 2.11. The predicted octanol–water partition coefficient (Wildman–Crippen LogP) is 2.10. The second-order valence-corrected chi connectivity index (χ2v) is 3.73. The Bertz CT molecular complexity index is 423. The van der Waals surface area contributed by atoms with Gasteiger partial charge in [-0.15, -0.1) is 0 Å².